The second-order valence-electron chi connectivity index (χ2n) is 3.66. The molecule has 0 unspecified atom stereocenters. The summed E-state index contributed by atoms with van der Waals surface area (Å²) in [4.78, 5) is 19.0. The van der Waals surface area contributed by atoms with E-state index in [0.29, 0.717) is 11.0 Å². The summed E-state index contributed by atoms with van der Waals surface area (Å²) >= 11 is 7.76. The Bertz CT molecular complexity index is 612. The molecule has 0 saturated heterocycles. The van der Waals surface area contributed by atoms with Crippen LogP contribution in [0, 0.1) is 0 Å². The van der Waals surface area contributed by atoms with E-state index in [4.69, 9.17) is 17.3 Å². The summed E-state index contributed by atoms with van der Waals surface area (Å²) in [5, 5.41) is 0.275. The number of aromatic nitrogens is 2. The Hall–Kier alpha value is -1.40. The number of imidazole rings is 1. The number of ether oxygens (including phenoxy) is 1. The Labute approximate surface area is 113 Å². The largest absolute Gasteiger partial charge is 0.465 e. The predicted molar refractivity (Wildman–Crippen MR) is 74.1 cm³/mol. The average molecular weight is 286 g/mol. The first-order valence-electron chi connectivity index (χ1n) is 5.12. The number of methoxy groups -OCH3 is 1. The van der Waals surface area contributed by atoms with Gasteiger partial charge in [0, 0.05) is 0 Å². The minimum absolute atomic E-state index is 0.193. The first-order chi connectivity index (χ1) is 8.58. The number of carbonyl (C=O) groups is 1. The Morgan fingerprint density at radius 1 is 1.67 bits per heavy atom. The number of thioether (sulfide) groups is 1. The van der Waals surface area contributed by atoms with Crippen LogP contribution in [0.25, 0.3) is 11.0 Å². The molecule has 1 aromatic carbocycles. The van der Waals surface area contributed by atoms with E-state index in [1.165, 1.54) is 7.11 Å². The molecule has 0 spiro atoms. The molecule has 18 heavy (non-hydrogen) atoms. The van der Waals surface area contributed by atoms with Crippen LogP contribution in [0.15, 0.2) is 6.07 Å². The number of hydrogen-bond donors (Lipinski definition) is 2. The van der Waals surface area contributed by atoms with Crippen LogP contribution < -0.4 is 5.73 Å². The second kappa shape index (κ2) is 5.07. The molecule has 0 aliphatic rings. The Kier molecular flexibility index (Phi) is 3.68. The van der Waals surface area contributed by atoms with E-state index in [9.17, 15) is 4.79 Å². The van der Waals surface area contributed by atoms with Crippen molar-refractivity contribution in [2.24, 2.45) is 0 Å². The number of anilines is 1. The number of nitrogens with one attached hydrogen (secondary N) is 1. The fourth-order valence-electron chi connectivity index (χ4n) is 1.66. The Morgan fingerprint density at radius 2 is 2.39 bits per heavy atom. The van der Waals surface area contributed by atoms with E-state index < -0.39 is 5.97 Å². The minimum atomic E-state index is -0.516. The van der Waals surface area contributed by atoms with Crippen molar-refractivity contribution in [3.8, 4) is 0 Å². The normalized spacial score (nSPS) is 10.8. The third kappa shape index (κ3) is 2.13. The van der Waals surface area contributed by atoms with Gasteiger partial charge in [0.25, 0.3) is 0 Å². The molecule has 5 nitrogen and oxygen atoms in total. The molecule has 0 radical (unpaired) electrons. The van der Waals surface area contributed by atoms with Crippen molar-refractivity contribution >= 4 is 46.1 Å². The molecule has 0 aliphatic carbocycles. The zero-order chi connectivity index (χ0) is 13.3. The quantitative estimate of drug-likeness (QED) is 0.669. The van der Waals surface area contributed by atoms with Crippen molar-refractivity contribution in [2.75, 3.05) is 19.1 Å². The van der Waals surface area contributed by atoms with Crippen LogP contribution >= 0.6 is 23.4 Å². The lowest BCUT2D eigenvalue weighted by molar-refractivity contribution is 0.0602. The third-order valence-corrected chi connectivity index (χ3v) is 3.44. The Morgan fingerprint density at radius 3 is 3.00 bits per heavy atom. The number of aromatic amines is 1. The number of carbonyl (C=O) groups excluding carboxylic acids is 1. The number of rotatable bonds is 3. The number of nitrogens with two attached hydrogens (primary N) is 1. The van der Waals surface area contributed by atoms with Crippen molar-refractivity contribution < 1.29 is 9.53 Å². The molecule has 0 bridgehead atoms. The van der Waals surface area contributed by atoms with Gasteiger partial charge in [-0.25, -0.2) is 9.78 Å². The van der Waals surface area contributed by atoms with E-state index in [-0.39, 0.29) is 16.3 Å². The van der Waals surface area contributed by atoms with Gasteiger partial charge in [0.2, 0.25) is 0 Å². The molecule has 0 fully saturated rings. The highest BCUT2D eigenvalue weighted by atomic mass is 35.5. The van der Waals surface area contributed by atoms with Crippen molar-refractivity contribution in [2.45, 2.75) is 5.75 Å². The second-order valence-corrected chi connectivity index (χ2v) is 4.90. The van der Waals surface area contributed by atoms with Crippen LogP contribution in [-0.2, 0) is 10.5 Å². The van der Waals surface area contributed by atoms with Gasteiger partial charge in [0.05, 0.1) is 34.7 Å². The molecule has 0 saturated carbocycles. The summed E-state index contributed by atoms with van der Waals surface area (Å²) in [5.74, 6) is 1.01. The summed E-state index contributed by atoms with van der Waals surface area (Å²) in [5.41, 5.74) is 7.51. The van der Waals surface area contributed by atoms with Crippen LogP contribution in [-0.4, -0.2) is 29.3 Å². The van der Waals surface area contributed by atoms with Gasteiger partial charge in [0.15, 0.2) is 0 Å². The monoisotopic (exact) mass is 285 g/mol. The summed E-state index contributed by atoms with van der Waals surface area (Å²) < 4.78 is 4.66. The number of nitrogen functional groups attached to an aromatic ring is 1. The number of esters is 1. The maximum Gasteiger partial charge on any atom is 0.340 e. The summed E-state index contributed by atoms with van der Waals surface area (Å²) in [7, 11) is 1.30. The number of fused-ring (bicyclic) bond motifs is 1. The molecule has 96 valence electrons. The summed E-state index contributed by atoms with van der Waals surface area (Å²) in [6, 6.07) is 1.61. The first-order valence-corrected chi connectivity index (χ1v) is 6.89. The van der Waals surface area contributed by atoms with Crippen molar-refractivity contribution in [3.05, 3.63) is 22.5 Å². The molecule has 0 atom stereocenters. The van der Waals surface area contributed by atoms with Crippen molar-refractivity contribution in [1.82, 2.24) is 9.97 Å². The van der Waals surface area contributed by atoms with Gasteiger partial charge in [-0.15, -0.1) is 0 Å². The van der Waals surface area contributed by atoms with Gasteiger partial charge in [0.1, 0.15) is 11.3 Å². The number of H-pyrrole nitrogens is 1. The minimum Gasteiger partial charge on any atom is -0.465 e. The van der Waals surface area contributed by atoms with Crippen molar-refractivity contribution in [1.29, 1.82) is 0 Å². The van der Waals surface area contributed by atoms with Gasteiger partial charge >= 0.3 is 5.97 Å². The van der Waals surface area contributed by atoms with E-state index in [1.807, 2.05) is 6.26 Å². The first kappa shape index (κ1) is 13.0. The molecular weight excluding hydrogens is 274 g/mol. The van der Waals surface area contributed by atoms with E-state index >= 15 is 0 Å². The third-order valence-electron chi connectivity index (χ3n) is 2.49. The molecule has 1 heterocycles. The van der Waals surface area contributed by atoms with Crippen molar-refractivity contribution in [3.63, 3.8) is 0 Å². The highest BCUT2D eigenvalue weighted by Crippen LogP contribution is 2.31. The number of halogens is 1. The number of nitrogens with zero attached hydrogens (tertiary/aromatic N) is 1. The highest BCUT2D eigenvalue weighted by Gasteiger charge is 2.18. The number of benzene rings is 1. The average Bonchev–Trinajstić information content (AvgIpc) is 2.76. The van der Waals surface area contributed by atoms with Gasteiger partial charge in [-0.3, -0.25) is 0 Å². The number of hydrogen-bond acceptors (Lipinski definition) is 5. The van der Waals surface area contributed by atoms with Gasteiger partial charge < -0.3 is 15.5 Å². The highest BCUT2D eigenvalue weighted by molar-refractivity contribution is 7.97. The van der Waals surface area contributed by atoms with Gasteiger partial charge in [-0.1, -0.05) is 11.6 Å². The summed E-state index contributed by atoms with van der Waals surface area (Å²) in [6.07, 6.45) is 1.98. The zero-order valence-corrected chi connectivity index (χ0v) is 11.5. The molecular formula is C11H12ClN3O2S. The lowest BCUT2D eigenvalue weighted by atomic mass is 10.1. The van der Waals surface area contributed by atoms with Crippen LogP contribution in [0.1, 0.15) is 16.2 Å². The van der Waals surface area contributed by atoms with E-state index in [1.54, 1.807) is 17.8 Å². The lowest BCUT2D eigenvalue weighted by Gasteiger charge is -2.05. The smallest absolute Gasteiger partial charge is 0.340 e. The van der Waals surface area contributed by atoms with E-state index in [0.717, 1.165) is 11.6 Å². The standard InChI is InChI=1S/C11H12ClN3O2S/c1-17-11(16)5-3-6-10(8(12)9(5)13)15-7(14-6)4-18-2/h3H,4,13H2,1-2H3,(H,14,15). The molecule has 2 rings (SSSR count). The molecule has 7 heteroatoms. The molecule has 2 aromatic rings. The van der Waals surface area contributed by atoms with Crippen LogP contribution in [0.3, 0.4) is 0 Å². The fourth-order valence-corrected chi connectivity index (χ4v) is 2.32. The van der Waals surface area contributed by atoms with Crippen LogP contribution in [0.5, 0.6) is 0 Å². The lowest BCUT2D eigenvalue weighted by Crippen LogP contribution is -2.06. The molecule has 0 amide bonds. The SMILES string of the molecule is COC(=O)c1cc2[nH]c(CSC)nc2c(Cl)c1N. The van der Waals surface area contributed by atoms with Gasteiger partial charge in [-0.2, -0.15) is 11.8 Å². The zero-order valence-electron chi connectivity index (χ0n) is 9.91. The molecule has 0 aliphatic heterocycles. The molecule has 1 aromatic heterocycles. The van der Waals surface area contributed by atoms with E-state index in [2.05, 4.69) is 14.7 Å². The topological polar surface area (TPSA) is 81.0 Å². The molecule has 3 N–H and O–H groups in total. The fraction of sp³-hybridized carbons (Fsp3) is 0.273. The maximum absolute atomic E-state index is 11.6. The van der Waals surface area contributed by atoms with Gasteiger partial charge in [-0.05, 0) is 12.3 Å². The Balaban J connectivity index is 2.63. The predicted octanol–water partition coefficient (Wildman–Crippen LogP) is 2.45. The maximum atomic E-state index is 11.6. The van der Waals surface area contributed by atoms with Crippen LogP contribution in [0.4, 0.5) is 5.69 Å². The summed E-state index contributed by atoms with van der Waals surface area (Å²) in [6.45, 7) is 0. The van der Waals surface area contributed by atoms with Crippen LogP contribution in [0.2, 0.25) is 5.02 Å².